The van der Waals surface area contributed by atoms with E-state index < -0.39 is 0 Å². The van der Waals surface area contributed by atoms with E-state index in [0.29, 0.717) is 5.92 Å². The first kappa shape index (κ1) is 9.97. The molecule has 0 aliphatic carbocycles. The summed E-state index contributed by atoms with van der Waals surface area (Å²) in [6, 6.07) is 2.21. The maximum atomic E-state index is 8.61. The minimum atomic E-state index is -0.308. The maximum absolute atomic E-state index is 8.61. The number of hydrogen-bond acceptors (Lipinski definition) is 1. The number of rotatable bonds is 3. The highest BCUT2D eigenvalue weighted by molar-refractivity contribution is 9.10. The summed E-state index contributed by atoms with van der Waals surface area (Å²) in [5, 5.41) is 8.61. The van der Waals surface area contributed by atoms with Gasteiger partial charge in [0.05, 0.1) is 6.07 Å². The summed E-state index contributed by atoms with van der Waals surface area (Å²) in [7, 11) is 0. The van der Waals surface area contributed by atoms with Crippen molar-refractivity contribution in [3.8, 4) is 6.07 Å². The van der Waals surface area contributed by atoms with Gasteiger partial charge in [0, 0.05) is 0 Å². The molecule has 0 aromatic carbocycles. The Morgan fingerprint density at radius 1 is 1.60 bits per heavy atom. The van der Waals surface area contributed by atoms with Gasteiger partial charge in [0.25, 0.3) is 0 Å². The van der Waals surface area contributed by atoms with Gasteiger partial charge < -0.3 is 0 Å². The van der Waals surface area contributed by atoms with E-state index in [-0.39, 0.29) is 4.32 Å². The van der Waals surface area contributed by atoms with Crippen molar-refractivity contribution in [3.63, 3.8) is 0 Å². The van der Waals surface area contributed by atoms with Gasteiger partial charge in [0.15, 0.2) is 0 Å². The molecule has 0 bridgehead atoms. The van der Waals surface area contributed by atoms with Crippen molar-refractivity contribution in [2.45, 2.75) is 37.9 Å². The molecule has 0 aliphatic rings. The average molecular weight is 204 g/mol. The van der Waals surface area contributed by atoms with Crippen LogP contribution in [0.25, 0.3) is 0 Å². The Labute approximate surface area is 71.6 Å². The van der Waals surface area contributed by atoms with Crippen LogP contribution in [-0.2, 0) is 0 Å². The molecule has 0 aliphatic heterocycles. The van der Waals surface area contributed by atoms with Gasteiger partial charge in [-0.05, 0) is 25.7 Å². The molecule has 1 unspecified atom stereocenters. The van der Waals surface area contributed by atoms with E-state index in [0.717, 1.165) is 12.8 Å². The molecule has 1 atom stereocenters. The summed E-state index contributed by atoms with van der Waals surface area (Å²) in [5.74, 6) is 0.685. The highest BCUT2D eigenvalue weighted by Crippen LogP contribution is 2.24. The molecule has 0 aromatic heterocycles. The quantitative estimate of drug-likeness (QED) is 0.648. The predicted octanol–water partition coefficient (Wildman–Crippen LogP) is 3.10. The fourth-order valence-corrected chi connectivity index (χ4v) is 0.845. The molecule has 1 nitrogen and oxygen atoms in total. The van der Waals surface area contributed by atoms with E-state index in [1.54, 1.807) is 0 Å². The highest BCUT2D eigenvalue weighted by atomic mass is 79.9. The van der Waals surface area contributed by atoms with Gasteiger partial charge in [-0.15, -0.1) is 0 Å². The highest BCUT2D eigenvalue weighted by Gasteiger charge is 2.18. The van der Waals surface area contributed by atoms with Gasteiger partial charge in [0.2, 0.25) is 0 Å². The second-order valence-electron chi connectivity index (χ2n) is 3.24. The average Bonchev–Trinajstić information content (AvgIpc) is 1.85. The van der Waals surface area contributed by atoms with Crippen molar-refractivity contribution in [2.24, 2.45) is 5.92 Å². The van der Waals surface area contributed by atoms with E-state index >= 15 is 0 Å². The third kappa shape index (κ3) is 4.81. The number of nitrogens with zero attached hydrogens (tertiary/aromatic N) is 1. The van der Waals surface area contributed by atoms with Crippen LogP contribution in [-0.4, -0.2) is 4.32 Å². The Balaban J connectivity index is 3.60. The first-order valence-electron chi connectivity index (χ1n) is 3.58. The molecule has 0 heterocycles. The Bertz CT molecular complexity index is 133. The molecule has 58 valence electrons. The Kier molecular flexibility index (Phi) is 3.96. The number of hydrogen-bond donors (Lipinski definition) is 0. The summed E-state index contributed by atoms with van der Waals surface area (Å²) >= 11 is 3.35. The predicted molar refractivity (Wildman–Crippen MR) is 47.0 cm³/mol. The molecule has 0 saturated heterocycles. The van der Waals surface area contributed by atoms with Gasteiger partial charge in [-0.25, -0.2) is 0 Å². The summed E-state index contributed by atoms with van der Waals surface area (Å²) < 4.78 is -0.308. The van der Waals surface area contributed by atoms with Crippen LogP contribution in [0.2, 0.25) is 0 Å². The first-order chi connectivity index (χ1) is 4.48. The molecule has 0 saturated carbocycles. The largest absolute Gasteiger partial charge is 0.197 e. The standard InChI is InChI=1S/C8H14BrN/c1-7(2)4-5-8(3,9)6-10/h7H,4-5H2,1-3H3. The second kappa shape index (κ2) is 3.98. The molecule has 0 N–H and O–H groups in total. The zero-order valence-corrected chi connectivity index (χ0v) is 8.40. The minimum Gasteiger partial charge on any atom is -0.197 e. The molecule has 0 amide bonds. The third-order valence-corrected chi connectivity index (χ3v) is 2.00. The number of alkyl halides is 1. The van der Waals surface area contributed by atoms with Crippen LogP contribution in [0.1, 0.15) is 33.6 Å². The summed E-state index contributed by atoms with van der Waals surface area (Å²) in [4.78, 5) is 0. The lowest BCUT2D eigenvalue weighted by Gasteiger charge is -2.13. The van der Waals surface area contributed by atoms with Gasteiger partial charge in [0.1, 0.15) is 4.32 Å². The Hall–Kier alpha value is -0.0300. The van der Waals surface area contributed by atoms with Crippen LogP contribution < -0.4 is 0 Å². The summed E-state index contributed by atoms with van der Waals surface area (Å²) in [5.41, 5.74) is 0. The molecule has 0 radical (unpaired) electrons. The fraction of sp³-hybridized carbons (Fsp3) is 0.875. The molecular weight excluding hydrogens is 190 g/mol. The van der Waals surface area contributed by atoms with Gasteiger partial charge >= 0.3 is 0 Å². The SMILES string of the molecule is CC(C)CCC(C)(Br)C#N. The van der Waals surface area contributed by atoms with Crippen LogP contribution in [0, 0.1) is 17.2 Å². The molecule has 10 heavy (non-hydrogen) atoms. The van der Waals surface area contributed by atoms with Crippen molar-refractivity contribution < 1.29 is 0 Å². The smallest absolute Gasteiger partial charge is 0.109 e. The van der Waals surface area contributed by atoms with Crippen molar-refractivity contribution in [1.29, 1.82) is 5.26 Å². The molecule has 0 fully saturated rings. The fourth-order valence-electron chi connectivity index (χ4n) is 0.616. The molecule has 2 heteroatoms. The van der Waals surface area contributed by atoms with E-state index in [9.17, 15) is 0 Å². The van der Waals surface area contributed by atoms with Crippen LogP contribution in [0.15, 0.2) is 0 Å². The minimum absolute atomic E-state index is 0.308. The lowest BCUT2D eigenvalue weighted by atomic mass is 10.0. The number of halogens is 1. The first-order valence-corrected chi connectivity index (χ1v) is 4.37. The third-order valence-electron chi connectivity index (χ3n) is 1.42. The van der Waals surface area contributed by atoms with Crippen LogP contribution in [0.5, 0.6) is 0 Å². The van der Waals surface area contributed by atoms with E-state index in [2.05, 4.69) is 35.8 Å². The van der Waals surface area contributed by atoms with Crippen molar-refractivity contribution in [3.05, 3.63) is 0 Å². The zero-order chi connectivity index (χ0) is 8.20. The zero-order valence-electron chi connectivity index (χ0n) is 6.82. The molecule has 0 rings (SSSR count). The summed E-state index contributed by atoms with van der Waals surface area (Å²) in [6.45, 7) is 6.25. The monoisotopic (exact) mass is 203 g/mol. The normalized spacial score (nSPS) is 16.4. The molecular formula is C8H14BrN. The van der Waals surface area contributed by atoms with Crippen LogP contribution >= 0.6 is 15.9 Å². The van der Waals surface area contributed by atoms with Crippen molar-refractivity contribution in [1.82, 2.24) is 0 Å². The van der Waals surface area contributed by atoms with E-state index in [4.69, 9.17) is 5.26 Å². The second-order valence-corrected chi connectivity index (χ2v) is 4.99. The van der Waals surface area contributed by atoms with Crippen LogP contribution in [0.4, 0.5) is 0 Å². The number of nitriles is 1. The topological polar surface area (TPSA) is 23.8 Å². The maximum Gasteiger partial charge on any atom is 0.109 e. The molecule has 0 spiro atoms. The lowest BCUT2D eigenvalue weighted by molar-refractivity contribution is 0.530. The van der Waals surface area contributed by atoms with Gasteiger partial charge in [-0.3, -0.25) is 0 Å². The van der Waals surface area contributed by atoms with Crippen molar-refractivity contribution >= 4 is 15.9 Å². The van der Waals surface area contributed by atoms with E-state index in [1.165, 1.54) is 0 Å². The molecule has 0 aromatic rings. The van der Waals surface area contributed by atoms with Gasteiger partial charge in [-0.1, -0.05) is 29.8 Å². The van der Waals surface area contributed by atoms with Crippen LogP contribution in [0.3, 0.4) is 0 Å². The van der Waals surface area contributed by atoms with Crippen molar-refractivity contribution in [2.75, 3.05) is 0 Å². The summed E-state index contributed by atoms with van der Waals surface area (Å²) in [6.07, 6.45) is 2.04. The van der Waals surface area contributed by atoms with E-state index in [1.807, 2.05) is 6.92 Å². The van der Waals surface area contributed by atoms with Gasteiger partial charge in [-0.2, -0.15) is 5.26 Å². The Morgan fingerprint density at radius 2 is 2.10 bits per heavy atom. The lowest BCUT2D eigenvalue weighted by Crippen LogP contribution is -2.12. The Morgan fingerprint density at radius 3 is 2.40 bits per heavy atom.